The highest BCUT2D eigenvalue weighted by Gasteiger charge is 2.28. The van der Waals surface area contributed by atoms with E-state index in [1.54, 1.807) is 0 Å². The lowest BCUT2D eigenvalue weighted by Crippen LogP contribution is -2.37. The Morgan fingerprint density at radius 2 is 0.432 bits per heavy atom. The van der Waals surface area contributed by atoms with Gasteiger partial charge in [-0.2, -0.15) is 0 Å². The molecule has 5 N–H and O–H groups in total. The fourth-order valence-corrected chi connectivity index (χ4v) is 9.87. The number of unbranched alkanes of at least 4 members (excludes halogenated alkanes) is 45. The summed E-state index contributed by atoms with van der Waals surface area (Å²) in [5, 5.41) is 45.3. The SMILES string of the molecule is C.CCCCCCCCCCCCCCCCCCBr.CCCCCCCCCCCCCCCCCCOCC(CC)(CO)COCCCCCCCCCCCCCCCCCC.OCC(CO)(CO)CO. The van der Waals surface area contributed by atoms with E-state index in [9.17, 15) is 5.11 Å². The second-order valence-corrected chi connectivity index (χ2v) is 23.6. The lowest BCUT2D eigenvalue weighted by atomic mass is 9.88. The first kappa shape index (κ1) is 80.7. The Kier molecular flexibility index (Phi) is 77.6. The smallest absolute Gasteiger partial charge is 0.0627 e. The van der Waals surface area contributed by atoms with Crippen molar-refractivity contribution in [1.29, 1.82) is 0 Å². The average molecular weight is 1120 g/mol. The maximum atomic E-state index is 10.1. The van der Waals surface area contributed by atoms with Gasteiger partial charge in [-0.15, -0.1) is 0 Å². The first-order chi connectivity index (χ1) is 35.9. The third kappa shape index (κ3) is 63.0. The third-order valence-electron chi connectivity index (χ3n) is 15.5. The van der Waals surface area contributed by atoms with Gasteiger partial charge in [-0.05, 0) is 25.7 Å². The summed E-state index contributed by atoms with van der Waals surface area (Å²) in [5.74, 6) is 0. The largest absolute Gasteiger partial charge is 0.396 e. The minimum absolute atomic E-state index is 0. The summed E-state index contributed by atoms with van der Waals surface area (Å²) >= 11 is 3.49. The maximum absolute atomic E-state index is 10.1. The van der Waals surface area contributed by atoms with Crippen LogP contribution in [-0.2, 0) is 9.47 Å². The Labute approximate surface area is 474 Å². The van der Waals surface area contributed by atoms with Crippen LogP contribution in [0.4, 0.5) is 0 Å². The van der Waals surface area contributed by atoms with E-state index >= 15 is 0 Å². The van der Waals surface area contributed by atoms with Crippen molar-refractivity contribution in [3.05, 3.63) is 0 Å². The molecule has 0 aromatic rings. The molecule has 0 fully saturated rings. The van der Waals surface area contributed by atoms with Crippen molar-refractivity contribution in [2.45, 2.75) is 350 Å². The quantitative estimate of drug-likeness (QED) is 0.0304. The molecule has 0 aliphatic heterocycles. The molecule has 0 rings (SSSR count). The van der Waals surface area contributed by atoms with Crippen LogP contribution < -0.4 is 0 Å². The van der Waals surface area contributed by atoms with E-state index in [4.69, 9.17) is 29.9 Å². The minimum Gasteiger partial charge on any atom is -0.396 e. The zero-order chi connectivity index (χ0) is 54.1. The monoisotopic (exact) mass is 1120 g/mol. The van der Waals surface area contributed by atoms with Gasteiger partial charge in [0.05, 0.1) is 51.7 Å². The lowest BCUT2D eigenvalue weighted by Gasteiger charge is -2.30. The molecule has 0 saturated heterocycles. The first-order valence-corrected chi connectivity index (χ1v) is 33.8. The van der Waals surface area contributed by atoms with E-state index < -0.39 is 31.8 Å². The third-order valence-corrected chi connectivity index (χ3v) is 16.1. The van der Waals surface area contributed by atoms with Crippen LogP contribution in [0.25, 0.3) is 0 Å². The molecule has 0 aliphatic rings. The minimum atomic E-state index is -1.11. The van der Waals surface area contributed by atoms with Gasteiger partial charge in [0.1, 0.15) is 0 Å². The van der Waals surface area contributed by atoms with Crippen LogP contribution in [0.15, 0.2) is 0 Å². The number of hydrogen-bond acceptors (Lipinski definition) is 7. The van der Waals surface area contributed by atoms with Crippen LogP contribution in [0.5, 0.6) is 0 Å². The highest BCUT2D eigenvalue weighted by molar-refractivity contribution is 9.09. The zero-order valence-corrected chi connectivity index (χ0v) is 51.7. The van der Waals surface area contributed by atoms with Crippen LogP contribution >= 0.6 is 15.9 Å². The summed E-state index contributed by atoms with van der Waals surface area (Å²) < 4.78 is 12.1. The van der Waals surface area contributed by atoms with Crippen molar-refractivity contribution in [3.63, 3.8) is 0 Å². The number of hydrogen-bond donors (Lipinski definition) is 5. The van der Waals surface area contributed by atoms with Crippen molar-refractivity contribution in [2.75, 3.05) is 64.8 Å². The van der Waals surface area contributed by atoms with Crippen molar-refractivity contribution in [1.82, 2.24) is 0 Å². The molecule has 8 heteroatoms. The molecule has 0 radical (unpaired) electrons. The van der Waals surface area contributed by atoms with Gasteiger partial charge in [0.2, 0.25) is 0 Å². The molecule has 0 atom stereocenters. The number of alkyl halides is 1. The van der Waals surface area contributed by atoms with Crippen LogP contribution in [0, 0.1) is 10.8 Å². The molecule has 0 saturated carbocycles. The normalized spacial score (nSPS) is 11.6. The molecule has 0 aromatic carbocycles. The van der Waals surface area contributed by atoms with Gasteiger partial charge < -0.3 is 35.0 Å². The number of rotatable bonds is 60. The summed E-state index contributed by atoms with van der Waals surface area (Å²) in [5.41, 5.74) is -1.34. The second-order valence-electron chi connectivity index (χ2n) is 22.8. The average Bonchev–Trinajstić information content (AvgIpc) is 3.42. The maximum Gasteiger partial charge on any atom is 0.0627 e. The molecular weight excluding hydrogens is 985 g/mol. The second kappa shape index (κ2) is 71.2. The molecule has 0 heterocycles. The van der Waals surface area contributed by atoms with Gasteiger partial charge in [0.15, 0.2) is 0 Å². The fraction of sp³-hybridized carbons (Fsp3) is 1.00. The summed E-state index contributed by atoms with van der Waals surface area (Å²) in [6, 6.07) is 0. The van der Waals surface area contributed by atoms with Gasteiger partial charge in [0.25, 0.3) is 0 Å². The van der Waals surface area contributed by atoms with E-state index in [2.05, 4.69) is 43.6 Å². The fourth-order valence-electron chi connectivity index (χ4n) is 9.47. The van der Waals surface area contributed by atoms with Gasteiger partial charge in [-0.3, -0.25) is 0 Å². The number of aliphatic hydroxyl groups is 5. The summed E-state index contributed by atoms with van der Waals surface area (Å²) in [6.45, 7) is 10.5. The molecule has 0 spiro atoms. The zero-order valence-electron chi connectivity index (χ0n) is 50.1. The Bertz CT molecular complexity index is 857. The van der Waals surface area contributed by atoms with E-state index in [1.165, 1.54) is 301 Å². The van der Waals surface area contributed by atoms with Crippen LogP contribution in [0.1, 0.15) is 350 Å². The summed E-state index contributed by atoms with van der Waals surface area (Å²) in [6.07, 6.45) is 68.8. The van der Waals surface area contributed by atoms with E-state index in [0.29, 0.717) is 13.2 Å². The summed E-state index contributed by atoms with van der Waals surface area (Å²) in [4.78, 5) is 0. The van der Waals surface area contributed by atoms with Crippen molar-refractivity contribution in [2.24, 2.45) is 10.8 Å². The van der Waals surface area contributed by atoms with Crippen molar-refractivity contribution < 1.29 is 35.0 Å². The Balaban J connectivity index is -0.000000689. The van der Waals surface area contributed by atoms with Gasteiger partial charge in [-0.1, -0.05) is 340 Å². The lowest BCUT2D eigenvalue weighted by molar-refractivity contribution is -0.0541. The predicted octanol–water partition coefficient (Wildman–Crippen LogP) is 20.2. The van der Waals surface area contributed by atoms with Crippen LogP contribution in [-0.4, -0.2) is 90.3 Å². The molecule has 7 nitrogen and oxygen atoms in total. The molecule has 0 unspecified atom stereocenters. The number of aliphatic hydroxyl groups excluding tert-OH is 5. The van der Waals surface area contributed by atoms with Crippen LogP contribution in [0.2, 0.25) is 0 Å². The highest BCUT2D eigenvalue weighted by Crippen LogP contribution is 2.24. The standard InChI is InChI=1S/C42H86O3.C18H37Br.C5H12O4.CH4/c1-4-7-9-11-13-15-17-19-21-23-25-27-29-31-33-35-37-44-40-42(6-3,39-43)41-45-38-36-34-32-30-28-26-24-22-20-18-16-14-12-10-8-5-2;1-2-3-4-5-6-7-8-9-10-11-12-13-14-15-16-17-18-19;6-1-5(2-7,3-8)4-9;/h43H,4-41H2,1-3H3;2-18H2,1H3;6-9H,1-4H2;1H4. The molecule has 0 aliphatic carbocycles. The first-order valence-electron chi connectivity index (χ1n) is 32.7. The van der Waals surface area contributed by atoms with Gasteiger partial charge in [0, 0.05) is 24.0 Å². The summed E-state index contributed by atoms with van der Waals surface area (Å²) in [7, 11) is 0. The van der Waals surface area contributed by atoms with Crippen molar-refractivity contribution in [3.8, 4) is 0 Å². The highest BCUT2D eigenvalue weighted by atomic mass is 79.9. The van der Waals surface area contributed by atoms with E-state index in [1.807, 2.05) is 0 Å². The molecule has 74 heavy (non-hydrogen) atoms. The Morgan fingerprint density at radius 1 is 0.257 bits per heavy atom. The topological polar surface area (TPSA) is 120 Å². The number of ether oxygens (including phenoxy) is 2. The molecular formula is C66H139BrO7. The van der Waals surface area contributed by atoms with E-state index in [0.717, 1.165) is 32.5 Å². The predicted molar refractivity (Wildman–Crippen MR) is 331 cm³/mol. The van der Waals surface area contributed by atoms with Crippen LogP contribution in [0.3, 0.4) is 0 Å². The Morgan fingerprint density at radius 3 is 0.581 bits per heavy atom. The Hall–Kier alpha value is 0.200. The molecule has 0 amide bonds. The molecule has 452 valence electrons. The molecule has 0 bridgehead atoms. The van der Waals surface area contributed by atoms with Gasteiger partial charge >= 0.3 is 0 Å². The number of halogens is 1. The van der Waals surface area contributed by atoms with Gasteiger partial charge in [-0.25, -0.2) is 0 Å². The molecule has 0 aromatic heterocycles. The van der Waals surface area contributed by atoms with Crippen molar-refractivity contribution >= 4 is 15.9 Å². The van der Waals surface area contributed by atoms with E-state index in [-0.39, 0.29) is 19.4 Å².